The average Bonchev–Trinajstić information content (AvgIpc) is 2.69. The number of rotatable bonds is 3. The van der Waals surface area contributed by atoms with E-state index in [-0.39, 0.29) is 11.2 Å². The number of H-pyrrole nitrogens is 1. The smallest absolute Gasteiger partial charge is 0.209 e. The molecule has 4 aromatic rings. The van der Waals surface area contributed by atoms with Crippen LogP contribution in [-0.2, 0) is 0 Å². The summed E-state index contributed by atoms with van der Waals surface area (Å²) < 4.78 is 0. The Bertz CT molecular complexity index is 1110. The van der Waals surface area contributed by atoms with E-state index in [0.29, 0.717) is 27.7 Å². The molecule has 0 saturated heterocycles. The lowest BCUT2D eigenvalue weighted by molar-refractivity contribution is 0.103. The number of aromatic amines is 1. The van der Waals surface area contributed by atoms with E-state index in [0.717, 1.165) is 5.56 Å². The van der Waals surface area contributed by atoms with E-state index in [1.54, 1.807) is 18.2 Å². The van der Waals surface area contributed by atoms with Crippen molar-refractivity contribution >= 4 is 16.7 Å². The van der Waals surface area contributed by atoms with E-state index in [1.807, 2.05) is 66.7 Å². The van der Waals surface area contributed by atoms with Crippen molar-refractivity contribution in [2.45, 2.75) is 0 Å². The van der Waals surface area contributed by atoms with Crippen LogP contribution in [0.15, 0.2) is 89.7 Å². The quantitative estimate of drug-likeness (QED) is 0.567. The zero-order chi connectivity index (χ0) is 17.2. The summed E-state index contributed by atoms with van der Waals surface area (Å²) in [6.07, 6.45) is 0. The molecule has 0 aliphatic rings. The standard InChI is InChI=1S/C22H15NO2/c24-21(16-11-5-2-6-12-16)20-19(15-9-3-1-4-10-15)22(25)17-13-7-8-14-18(17)23-20/h1-14H,(H,23,25). The number of hydrogen-bond acceptors (Lipinski definition) is 2. The molecule has 0 radical (unpaired) electrons. The Morgan fingerprint density at radius 2 is 1.32 bits per heavy atom. The van der Waals surface area contributed by atoms with Gasteiger partial charge in [0.15, 0.2) is 5.43 Å². The first kappa shape index (κ1) is 15.1. The summed E-state index contributed by atoms with van der Waals surface area (Å²) in [6.45, 7) is 0. The van der Waals surface area contributed by atoms with Crippen molar-refractivity contribution in [2.75, 3.05) is 0 Å². The Balaban J connectivity index is 2.06. The van der Waals surface area contributed by atoms with Crippen molar-refractivity contribution in [2.24, 2.45) is 0 Å². The van der Waals surface area contributed by atoms with Gasteiger partial charge in [-0.2, -0.15) is 0 Å². The summed E-state index contributed by atoms with van der Waals surface area (Å²) in [6, 6.07) is 25.6. The Morgan fingerprint density at radius 3 is 2.04 bits per heavy atom. The Hall–Kier alpha value is -3.46. The molecule has 0 saturated carbocycles. The molecule has 3 aromatic carbocycles. The normalized spacial score (nSPS) is 10.7. The molecule has 1 heterocycles. The predicted octanol–water partition coefficient (Wildman–Crippen LogP) is 4.43. The second kappa shape index (κ2) is 6.21. The maximum atomic E-state index is 13.1. The van der Waals surface area contributed by atoms with Crippen molar-refractivity contribution < 1.29 is 4.79 Å². The highest BCUT2D eigenvalue weighted by molar-refractivity contribution is 6.12. The van der Waals surface area contributed by atoms with E-state index in [2.05, 4.69) is 4.98 Å². The molecule has 3 heteroatoms. The zero-order valence-corrected chi connectivity index (χ0v) is 13.4. The first-order chi connectivity index (χ1) is 12.3. The summed E-state index contributed by atoms with van der Waals surface area (Å²) >= 11 is 0. The number of hydrogen-bond donors (Lipinski definition) is 1. The molecular weight excluding hydrogens is 310 g/mol. The highest BCUT2D eigenvalue weighted by Gasteiger charge is 2.20. The third-order valence-corrected chi connectivity index (χ3v) is 4.23. The van der Waals surface area contributed by atoms with E-state index >= 15 is 0 Å². The van der Waals surface area contributed by atoms with Crippen LogP contribution < -0.4 is 5.43 Å². The SMILES string of the molecule is O=C(c1ccccc1)c1[nH]c2ccccc2c(=O)c1-c1ccccc1. The van der Waals surface area contributed by atoms with Gasteiger partial charge >= 0.3 is 0 Å². The van der Waals surface area contributed by atoms with Crippen LogP contribution in [0.1, 0.15) is 16.1 Å². The molecule has 0 aliphatic heterocycles. The number of benzene rings is 3. The number of fused-ring (bicyclic) bond motifs is 1. The predicted molar refractivity (Wildman–Crippen MR) is 99.9 cm³/mol. The Morgan fingerprint density at radius 1 is 0.720 bits per heavy atom. The first-order valence-corrected chi connectivity index (χ1v) is 8.06. The maximum Gasteiger partial charge on any atom is 0.209 e. The molecule has 120 valence electrons. The Kier molecular flexibility index (Phi) is 3.75. The van der Waals surface area contributed by atoms with Crippen molar-refractivity contribution in [1.29, 1.82) is 0 Å². The van der Waals surface area contributed by atoms with Gasteiger partial charge in [-0.25, -0.2) is 0 Å². The van der Waals surface area contributed by atoms with Gasteiger partial charge in [-0.1, -0.05) is 72.8 Å². The number of nitrogens with one attached hydrogen (secondary N) is 1. The van der Waals surface area contributed by atoms with Gasteiger partial charge in [-0.05, 0) is 17.7 Å². The van der Waals surface area contributed by atoms with Gasteiger partial charge in [-0.15, -0.1) is 0 Å². The van der Waals surface area contributed by atoms with E-state index < -0.39 is 0 Å². The minimum Gasteiger partial charge on any atom is -0.351 e. The number of ketones is 1. The monoisotopic (exact) mass is 325 g/mol. The second-order valence-corrected chi connectivity index (χ2v) is 5.81. The summed E-state index contributed by atoms with van der Waals surface area (Å²) in [7, 11) is 0. The Labute approximate surface area is 144 Å². The van der Waals surface area contributed by atoms with Gasteiger partial charge < -0.3 is 4.98 Å². The minimum atomic E-state index is -0.192. The second-order valence-electron chi connectivity index (χ2n) is 5.81. The molecule has 1 aromatic heterocycles. The molecule has 4 rings (SSSR count). The lowest BCUT2D eigenvalue weighted by Crippen LogP contribution is -2.16. The van der Waals surface area contributed by atoms with Crippen molar-refractivity contribution in [1.82, 2.24) is 4.98 Å². The molecule has 3 nitrogen and oxygen atoms in total. The highest BCUT2D eigenvalue weighted by atomic mass is 16.1. The molecule has 0 spiro atoms. The molecule has 0 fully saturated rings. The highest BCUT2D eigenvalue weighted by Crippen LogP contribution is 2.24. The largest absolute Gasteiger partial charge is 0.351 e. The maximum absolute atomic E-state index is 13.1. The van der Waals surface area contributed by atoms with E-state index in [1.165, 1.54) is 0 Å². The van der Waals surface area contributed by atoms with Gasteiger partial charge in [0.25, 0.3) is 0 Å². The fraction of sp³-hybridized carbons (Fsp3) is 0. The average molecular weight is 325 g/mol. The fourth-order valence-corrected chi connectivity index (χ4v) is 3.02. The van der Waals surface area contributed by atoms with Gasteiger partial charge in [0.05, 0.1) is 11.3 Å². The topological polar surface area (TPSA) is 49.9 Å². The first-order valence-electron chi connectivity index (χ1n) is 8.06. The van der Waals surface area contributed by atoms with Gasteiger partial charge in [-0.3, -0.25) is 9.59 Å². The van der Waals surface area contributed by atoms with Crippen LogP contribution in [0.25, 0.3) is 22.0 Å². The van der Waals surface area contributed by atoms with Gasteiger partial charge in [0.1, 0.15) is 0 Å². The van der Waals surface area contributed by atoms with Crippen LogP contribution in [-0.4, -0.2) is 10.8 Å². The van der Waals surface area contributed by atoms with E-state index in [4.69, 9.17) is 0 Å². The van der Waals surface area contributed by atoms with Gasteiger partial charge in [0.2, 0.25) is 5.78 Å². The van der Waals surface area contributed by atoms with Crippen LogP contribution >= 0.6 is 0 Å². The molecule has 1 N–H and O–H groups in total. The van der Waals surface area contributed by atoms with Gasteiger partial charge in [0, 0.05) is 16.5 Å². The fourth-order valence-electron chi connectivity index (χ4n) is 3.02. The zero-order valence-electron chi connectivity index (χ0n) is 13.4. The molecule has 0 aliphatic carbocycles. The summed E-state index contributed by atoms with van der Waals surface area (Å²) in [4.78, 5) is 29.4. The molecule has 0 unspecified atom stereocenters. The number of carbonyl (C=O) groups excluding carboxylic acids is 1. The van der Waals surface area contributed by atoms with Crippen LogP contribution in [0, 0.1) is 0 Å². The number of para-hydroxylation sites is 1. The third kappa shape index (κ3) is 2.66. The molecule has 0 atom stereocenters. The lowest BCUT2D eigenvalue weighted by atomic mass is 9.96. The van der Waals surface area contributed by atoms with E-state index in [9.17, 15) is 9.59 Å². The molecule has 0 bridgehead atoms. The molecular formula is C22H15NO2. The number of aromatic nitrogens is 1. The number of carbonyl (C=O) groups is 1. The third-order valence-electron chi connectivity index (χ3n) is 4.23. The van der Waals surface area contributed by atoms with Crippen LogP contribution in [0.2, 0.25) is 0 Å². The summed E-state index contributed by atoms with van der Waals surface area (Å²) in [5.74, 6) is -0.192. The summed E-state index contributed by atoms with van der Waals surface area (Å²) in [5.41, 5.74) is 2.53. The van der Waals surface area contributed by atoms with Crippen LogP contribution in [0.4, 0.5) is 0 Å². The van der Waals surface area contributed by atoms with Crippen molar-refractivity contribution in [3.8, 4) is 11.1 Å². The van der Waals surface area contributed by atoms with Crippen molar-refractivity contribution in [3.63, 3.8) is 0 Å². The molecule has 25 heavy (non-hydrogen) atoms. The van der Waals surface area contributed by atoms with Crippen LogP contribution in [0.5, 0.6) is 0 Å². The lowest BCUT2D eigenvalue weighted by Gasteiger charge is -2.11. The van der Waals surface area contributed by atoms with Crippen molar-refractivity contribution in [3.05, 3.63) is 106 Å². The molecule has 0 amide bonds. The van der Waals surface area contributed by atoms with Crippen LogP contribution in [0.3, 0.4) is 0 Å². The number of pyridine rings is 1. The minimum absolute atomic E-state index is 0.139. The summed E-state index contributed by atoms with van der Waals surface area (Å²) in [5, 5.41) is 0.575.